The third-order valence-corrected chi connectivity index (χ3v) is 2.34. The standard InChI is InChI=1S/C15H24O2/c1-5-6-8-13(2)9-7-10-14(3)11-12-17-15(4)16/h6,8-9,11H,5,7,10,12H2,1-4H3/b8-6+,13-9?,14-11+. The SMILES string of the molecule is CC/C=C/C(C)=CCC/C(C)=C/COC(C)=O. The van der Waals surface area contributed by atoms with Crippen LogP contribution in [-0.4, -0.2) is 12.6 Å². The van der Waals surface area contributed by atoms with E-state index >= 15 is 0 Å². The molecule has 17 heavy (non-hydrogen) atoms. The summed E-state index contributed by atoms with van der Waals surface area (Å²) < 4.78 is 4.85. The molecule has 96 valence electrons. The number of allylic oxidation sites excluding steroid dienone is 5. The van der Waals surface area contributed by atoms with Crippen LogP contribution in [-0.2, 0) is 9.53 Å². The molecule has 0 aliphatic carbocycles. The monoisotopic (exact) mass is 236 g/mol. The summed E-state index contributed by atoms with van der Waals surface area (Å²) in [5.74, 6) is -0.227. The number of ether oxygens (including phenoxy) is 1. The zero-order valence-electron chi connectivity index (χ0n) is 11.5. The van der Waals surface area contributed by atoms with Gasteiger partial charge in [-0.2, -0.15) is 0 Å². The Morgan fingerprint density at radius 1 is 1.18 bits per heavy atom. The van der Waals surface area contributed by atoms with Crippen molar-refractivity contribution >= 4 is 5.97 Å². The van der Waals surface area contributed by atoms with Crippen molar-refractivity contribution in [1.29, 1.82) is 0 Å². The minimum atomic E-state index is -0.227. The van der Waals surface area contributed by atoms with Crippen LogP contribution in [0, 0.1) is 0 Å². The molecule has 0 aliphatic heterocycles. The Hall–Kier alpha value is -1.31. The highest BCUT2D eigenvalue weighted by molar-refractivity contribution is 5.66. The van der Waals surface area contributed by atoms with Gasteiger partial charge in [0.15, 0.2) is 0 Å². The number of hydrogen-bond acceptors (Lipinski definition) is 2. The Labute approximate surface area is 105 Å². The molecule has 0 spiro atoms. The zero-order valence-corrected chi connectivity index (χ0v) is 11.5. The first-order valence-corrected chi connectivity index (χ1v) is 6.18. The van der Waals surface area contributed by atoms with Gasteiger partial charge in [0.1, 0.15) is 6.61 Å². The summed E-state index contributed by atoms with van der Waals surface area (Å²) in [6.45, 7) is 8.12. The Balaban J connectivity index is 3.87. The molecule has 0 aromatic rings. The van der Waals surface area contributed by atoms with Gasteiger partial charge in [0, 0.05) is 6.92 Å². The molecule has 2 nitrogen and oxygen atoms in total. The molecule has 0 saturated heterocycles. The predicted octanol–water partition coefficient (Wildman–Crippen LogP) is 4.19. The van der Waals surface area contributed by atoms with Gasteiger partial charge in [0.05, 0.1) is 0 Å². The molecule has 0 amide bonds. The molecule has 0 unspecified atom stereocenters. The fourth-order valence-electron chi connectivity index (χ4n) is 1.30. The van der Waals surface area contributed by atoms with E-state index in [-0.39, 0.29) is 5.97 Å². The van der Waals surface area contributed by atoms with Crippen LogP contribution in [0.25, 0.3) is 0 Å². The molecule has 0 radical (unpaired) electrons. The van der Waals surface area contributed by atoms with E-state index < -0.39 is 0 Å². The number of carbonyl (C=O) groups excluding carboxylic acids is 1. The summed E-state index contributed by atoms with van der Waals surface area (Å²) in [4.78, 5) is 10.6. The largest absolute Gasteiger partial charge is 0.462 e. The molecule has 0 N–H and O–H groups in total. The van der Waals surface area contributed by atoms with E-state index in [4.69, 9.17) is 4.74 Å². The molecule has 0 bridgehead atoms. The van der Waals surface area contributed by atoms with Crippen molar-refractivity contribution in [2.24, 2.45) is 0 Å². The van der Waals surface area contributed by atoms with Crippen molar-refractivity contribution in [3.05, 3.63) is 35.5 Å². The molecular formula is C15H24O2. The third kappa shape index (κ3) is 11.0. The lowest BCUT2D eigenvalue weighted by molar-refractivity contribution is -0.139. The Bertz CT molecular complexity index is 309. The van der Waals surface area contributed by atoms with Gasteiger partial charge in [-0.25, -0.2) is 0 Å². The maximum atomic E-state index is 10.6. The lowest BCUT2D eigenvalue weighted by atomic mass is 10.1. The van der Waals surface area contributed by atoms with E-state index in [9.17, 15) is 4.79 Å². The first-order chi connectivity index (χ1) is 8.06. The number of esters is 1. The van der Waals surface area contributed by atoms with E-state index in [1.807, 2.05) is 6.08 Å². The first-order valence-electron chi connectivity index (χ1n) is 6.18. The van der Waals surface area contributed by atoms with E-state index in [2.05, 4.69) is 39.0 Å². The van der Waals surface area contributed by atoms with Gasteiger partial charge in [0.25, 0.3) is 0 Å². The average molecular weight is 236 g/mol. The number of hydrogen-bond donors (Lipinski definition) is 0. The third-order valence-electron chi connectivity index (χ3n) is 2.34. The Kier molecular flexibility index (Phi) is 9.12. The molecule has 0 atom stereocenters. The quantitative estimate of drug-likeness (QED) is 0.376. The van der Waals surface area contributed by atoms with E-state index in [0.717, 1.165) is 19.3 Å². The van der Waals surface area contributed by atoms with Crippen molar-refractivity contribution in [3.8, 4) is 0 Å². The second kappa shape index (κ2) is 9.88. The lowest BCUT2D eigenvalue weighted by Crippen LogP contribution is -1.98. The number of rotatable bonds is 7. The molecule has 0 saturated carbocycles. The van der Waals surface area contributed by atoms with Crippen LogP contribution in [0.4, 0.5) is 0 Å². The predicted molar refractivity (Wildman–Crippen MR) is 72.8 cm³/mol. The van der Waals surface area contributed by atoms with Crippen molar-refractivity contribution in [1.82, 2.24) is 0 Å². The van der Waals surface area contributed by atoms with Gasteiger partial charge in [-0.1, -0.05) is 36.3 Å². The lowest BCUT2D eigenvalue weighted by Gasteiger charge is -2.00. The molecule has 0 aromatic heterocycles. The van der Waals surface area contributed by atoms with Gasteiger partial charge < -0.3 is 4.74 Å². The van der Waals surface area contributed by atoms with Crippen LogP contribution >= 0.6 is 0 Å². The molecular weight excluding hydrogens is 212 g/mol. The maximum Gasteiger partial charge on any atom is 0.302 e. The molecule has 2 heteroatoms. The van der Waals surface area contributed by atoms with E-state index in [1.54, 1.807) is 0 Å². The van der Waals surface area contributed by atoms with E-state index in [1.165, 1.54) is 18.1 Å². The molecule has 0 rings (SSSR count). The molecule has 0 heterocycles. The fraction of sp³-hybridized carbons (Fsp3) is 0.533. The average Bonchev–Trinajstić information content (AvgIpc) is 2.25. The second-order valence-electron chi connectivity index (χ2n) is 4.15. The highest BCUT2D eigenvalue weighted by atomic mass is 16.5. The molecule has 0 fully saturated rings. The van der Waals surface area contributed by atoms with Crippen molar-refractivity contribution in [3.63, 3.8) is 0 Å². The van der Waals surface area contributed by atoms with Crippen LogP contribution in [0.2, 0.25) is 0 Å². The summed E-state index contributed by atoms with van der Waals surface area (Å²) in [6, 6.07) is 0. The van der Waals surface area contributed by atoms with Crippen molar-refractivity contribution in [2.75, 3.05) is 6.61 Å². The van der Waals surface area contributed by atoms with Crippen molar-refractivity contribution < 1.29 is 9.53 Å². The highest BCUT2D eigenvalue weighted by Gasteiger charge is 1.92. The van der Waals surface area contributed by atoms with Crippen LogP contribution in [0.5, 0.6) is 0 Å². The van der Waals surface area contributed by atoms with Gasteiger partial charge in [-0.05, 0) is 39.2 Å². The number of carbonyl (C=O) groups is 1. The van der Waals surface area contributed by atoms with Crippen molar-refractivity contribution in [2.45, 2.75) is 47.0 Å². The first kappa shape index (κ1) is 15.7. The summed E-state index contributed by atoms with van der Waals surface area (Å²) in [7, 11) is 0. The zero-order chi connectivity index (χ0) is 13.1. The minimum Gasteiger partial charge on any atom is -0.462 e. The smallest absolute Gasteiger partial charge is 0.302 e. The van der Waals surface area contributed by atoms with Crippen LogP contribution in [0.15, 0.2) is 35.5 Å². The maximum absolute atomic E-state index is 10.6. The summed E-state index contributed by atoms with van der Waals surface area (Å²) in [5.41, 5.74) is 2.56. The van der Waals surface area contributed by atoms with E-state index in [0.29, 0.717) is 6.61 Å². The fourth-order valence-corrected chi connectivity index (χ4v) is 1.30. The Morgan fingerprint density at radius 3 is 2.47 bits per heavy atom. The molecule has 0 aliphatic rings. The Morgan fingerprint density at radius 2 is 1.88 bits per heavy atom. The van der Waals surface area contributed by atoms with Gasteiger partial charge in [-0.3, -0.25) is 4.79 Å². The summed E-state index contributed by atoms with van der Waals surface area (Å²) in [6.07, 6.45) is 11.6. The topological polar surface area (TPSA) is 26.3 Å². The minimum absolute atomic E-state index is 0.227. The van der Waals surface area contributed by atoms with Gasteiger partial charge >= 0.3 is 5.97 Å². The highest BCUT2D eigenvalue weighted by Crippen LogP contribution is 2.07. The van der Waals surface area contributed by atoms with Crippen LogP contribution in [0.1, 0.15) is 47.0 Å². The summed E-state index contributed by atoms with van der Waals surface area (Å²) in [5, 5.41) is 0. The molecule has 0 aromatic carbocycles. The normalized spacial score (nSPS) is 13.2. The second-order valence-corrected chi connectivity index (χ2v) is 4.15. The van der Waals surface area contributed by atoms with Crippen LogP contribution < -0.4 is 0 Å². The van der Waals surface area contributed by atoms with Gasteiger partial charge in [0.2, 0.25) is 0 Å². The summed E-state index contributed by atoms with van der Waals surface area (Å²) >= 11 is 0. The van der Waals surface area contributed by atoms with Gasteiger partial charge in [-0.15, -0.1) is 0 Å². The van der Waals surface area contributed by atoms with Crippen LogP contribution in [0.3, 0.4) is 0 Å².